The summed E-state index contributed by atoms with van der Waals surface area (Å²) in [6, 6.07) is 8.02. The molecule has 2 rings (SSSR count). The van der Waals surface area contributed by atoms with Gasteiger partial charge in [0.25, 0.3) is 0 Å². The number of nitrogens with zero attached hydrogens (tertiary/aromatic N) is 1. The van der Waals surface area contributed by atoms with Crippen LogP contribution in [0.25, 0.3) is 0 Å². The first-order valence-corrected chi connectivity index (χ1v) is 6.60. The number of rotatable bonds is 4. The van der Waals surface area contributed by atoms with E-state index < -0.39 is 0 Å². The number of hydrogen-bond acceptors (Lipinski definition) is 3. The molecule has 0 spiro atoms. The lowest BCUT2D eigenvalue weighted by Crippen LogP contribution is -2.17. The Balaban J connectivity index is 2.03. The monoisotopic (exact) mass is 308 g/mol. The number of aryl methyl sites for hydroxylation is 1. The Morgan fingerprint density at radius 3 is 2.67 bits per heavy atom. The van der Waals surface area contributed by atoms with E-state index in [1.165, 1.54) is 11.1 Å². The normalized spacial score (nSPS) is 11.1. The van der Waals surface area contributed by atoms with Crippen LogP contribution in [0.1, 0.15) is 16.9 Å². The lowest BCUT2D eigenvalue weighted by atomic mass is 10.2. The number of benzene rings is 1. The Morgan fingerprint density at radius 2 is 2.06 bits per heavy atom. The second-order valence-electron chi connectivity index (χ2n) is 4.57. The second kappa shape index (κ2) is 5.59. The maximum absolute atomic E-state index is 5.83. The minimum absolute atomic E-state index is 0.785. The van der Waals surface area contributed by atoms with Gasteiger partial charge in [-0.25, -0.2) is 0 Å². The van der Waals surface area contributed by atoms with E-state index >= 15 is 0 Å². The van der Waals surface area contributed by atoms with Crippen LogP contribution in [0.15, 0.2) is 39.4 Å². The molecule has 1 heterocycles. The number of anilines is 1. The first-order valence-electron chi connectivity index (χ1n) is 5.81. The molecular formula is C14H17BrN2O. The maximum Gasteiger partial charge on any atom is 0.105 e. The van der Waals surface area contributed by atoms with Gasteiger partial charge in [0.05, 0.1) is 6.26 Å². The molecule has 4 heteroatoms. The summed E-state index contributed by atoms with van der Waals surface area (Å²) in [5.41, 5.74) is 9.04. The summed E-state index contributed by atoms with van der Waals surface area (Å²) in [5, 5.41) is 0. The van der Waals surface area contributed by atoms with Crippen LogP contribution in [-0.4, -0.2) is 11.9 Å². The molecule has 18 heavy (non-hydrogen) atoms. The zero-order valence-corrected chi connectivity index (χ0v) is 12.2. The topological polar surface area (TPSA) is 42.4 Å². The molecule has 96 valence electrons. The molecule has 0 fully saturated rings. The largest absolute Gasteiger partial charge is 0.469 e. The molecule has 1 aromatic carbocycles. The van der Waals surface area contributed by atoms with Crippen LogP contribution in [-0.2, 0) is 13.1 Å². The summed E-state index contributed by atoms with van der Waals surface area (Å²) >= 11 is 3.46. The molecule has 1 aromatic heterocycles. The Labute approximate surface area is 116 Å². The van der Waals surface area contributed by atoms with Gasteiger partial charge >= 0.3 is 0 Å². The van der Waals surface area contributed by atoms with Crippen molar-refractivity contribution >= 4 is 21.6 Å². The van der Waals surface area contributed by atoms with Crippen LogP contribution in [0.2, 0.25) is 0 Å². The molecule has 0 amide bonds. The molecule has 2 N–H and O–H groups in total. The van der Waals surface area contributed by atoms with Gasteiger partial charge in [-0.2, -0.15) is 0 Å². The highest BCUT2D eigenvalue weighted by Crippen LogP contribution is 2.19. The molecule has 0 atom stereocenters. The average Bonchev–Trinajstić information content (AvgIpc) is 2.62. The lowest BCUT2D eigenvalue weighted by molar-refractivity contribution is 0.316. The van der Waals surface area contributed by atoms with Gasteiger partial charge in [0.2, 0.25) is 0 Å². The molecule has 0 bridgehead atoms. The number of hydrogen-bond donors (Lipinski definition) is 1. The van der Waals surface area contributed by atoms with Gasteiger partial charge in [0.15, 0.2) is 0 Å². The van der Waals surface area contributed by atoms with Crippen molar-refractivity contribution in [2.24, 2.45) is 0 Å². The van der Waals surface area contributed by atoms with E-state index in [0.717, 1.165) is 29.0 Å². The van der Waals surface area contributed by atoms with Crippen molar-refractivity contribution in [3.05, 3.63) is 51.9 Å². The van der Waals surface area contributed by atoms with Gasteiger partial charge in [-0.1, -0.05) is 15.9 Å². The fraction of sp³-hybridized carbons (Fsp3) is 0.286. The highest BCUT2D eigenvalue weighted by Gasteiger charge is 2.07. The molecule has 0 aliphatic carbocycles. The van der Waals surface area contributed by atoms with Crippen LogP contribution >= 0.6 is 15.9 Å². The van der Waals surface area contributed by atoms with Gasteiger partial charge in [0, 0.05) is 28.8 Å². The molecule has 0 radical (unpaired) electrons. The summed E-state index contributed by atoms with van der Waals surface area (Å²) < 4.78 is 6.32. The predicted octanol–water partition coefficient (Wildman–Crippen LogP) is 3.56. The van der Waals surface area contributed by atoms with Crippen molar-refractivity contribution in [2.75, 3.05) is 12.8 Å². The maximum atomic E-state index is 5.83. The molecule has 0 unspecified atom stereocenters. The van der Waals surface area contributed by atoms with E-state index in [9.17, 15) is 0 Å². The van der Waals surface area contributed by atoms with E-state index in [0.29, 0.717) is 0 Å². The smallest absolute Gasteiger partial charge is 0.105 e. The summed E-state index contributed by atoms with van der Waals surface area (Å²) in [5.74, 6) is 0.982. The van der Waals surface area contributed by atoms with Crippen LogP contribution < -0.4 is 5.73 Å². The third kappa shape index (κ3) is 3.37. The highest BCUT2D eigenvalue weighted by molar-refractivity contribution is 9.10. The summed E-state index contributed by atoms with van der Waals surface area (Å²) in [6.07, 6.45) is 1.73. The first-order chi connectivity index (χ1) is 8.54. The Kier molecular flexibility index (Phi) is 4.09. The van der Waals surface area contributed by atoms with Crippen LogP contribution in [0, 0.1) is 6.92 Å². The lowest BCUT2D eigenvalue weighted by Gasteiger charge is -2.16. The van der Waals surface area contributed by atoms with Crippen molar-refractivity contribution in [1.82, 2.24) is 4.90 Å². The van der Waals surface area contributed by atoms with Crippen LogP contribution in [0.5, 0.6) is 0 Å². The second-order valence-corrected chi connectivity index (χ2v) is 5.48. The van der Waals surface area contributed by atoms with E-state index in [4.69, 9.17) is 10.2 Å². The number of halogens is 1. The average molecular weight is 309 g/mol. The van der Waals surface area contributed by atoms with Crippen molar-refractivity contribution in [3.63, 3.8) is 0 Å². The third-order valence-corrected chi connectivity index (χ3v) is 3.30. The summed E-state index contributed by atoms with van der Waals surface area (Å²) in [7, 11) is 2.09. The van der Waals surface area contributed by atoms with Crippen LogP contribution in [0.3, 0.4) is 0 Å². The minimum atomic E-state index is 0.785. The van der Waals surface area contributed by atoms with Gasteiger partial charge in [-0.3, -0.25) is 4.90 Å². The summed E-state index contributed by atoms with van der Waals surface area (Å²) in [6.45, 7) is 3.71. The standard InChI is InChI=1S/C14H17BrN2O/c1-10-12(3-4-18-10)9-17(2)8-11-5-13(15)7-14(16)6-11/h3-7H,8-9,16H2,1-2H3. The van der Waals surface area contributed by atoms with Gasteiger partial charge in [-0.05, 0) is 43.8 Å². The molecule has 3 nitrogen and oxygen atoms in total. The number of nitrogen functional groups attached to an aromatic ring is 1. The summed E-state index contributed by atoms with van der Waals surface area (Å²) in [4.78, 5) is 2.24. The van der Waals surface area contributed by atoms with Gasteiger partial charge in [-0.15, -0.1) is 0 Å². The zero-order valence-electron chi connectivity index (χ0n) is 10.6. The van der Waals surface area contributed by atoms with E-state index in [1.807, 2.05) is 25.1 Å². The Morgan fingerprint density at radius 1 is 1.28 bits per heavy atom. The van der Waals surface area contributed by atoms with E-state index in [1.54, 1.807) is 6.26 Å². The fourth-order valence-corrected chi connectivity index (χ4v) is 2.56. The van der Waals surface area contributed by atoms with Crippen molar-refractivity contribution in [2.45, 2.75) is 20.0 Å². The van der Waals surface area contributed by atoms with Crippen molar-refractivity contribution < 1.29 is 4.42 Å². The Bertz CT molecular complexity index is 516. The molecule has 0 saturated carbocycles. The van der Waals surface area contributed by atoms with Gasteiger partial charge < -0.3 is 10.2 Å². The quantitative estimate of drug-likeness (QED) is 0.878. The SMILES string of the molecule is Cc1occc1CN(C)Cc1cc(N)cc(Br)c1. The number of furan rings is 1. The molecule has 2 aromatic rings. The number of nitrogens with two attached hydrogens (primary N) is 1. The first kappa shape index (κ1) is 13.2. The van der Waals surface area contributed by atoms with Crippen molar-refractivity contribution in [1.29, 1.82) is 0 Å². The third-order valence-electron chi connectivity index (χ3n) is 2.84. The molecule has 0 aliphatic rings. The molecule has 0 aliphatic heterocycles. The minimum Gasteiger partial charge on any atom is -0.469 e. The van der Waals surface area contributed by atoms with Crippen LogP contribution in [0.4, 0.5) is 5.69 Å². The zero-order chi connectivity index (χ0) is 13.1. The fourth-order valence-electron chi connectivity index (χ4n) is 2.00. The van der Waals surface area contributed by atoms with E-state index in [-0.39, 0.29) is 0 Å². The van der Waals surface area contributed by atoms with Crippen molar-refractivity contribution in [3.8, 4) is 0 Å². The molecular weight excluding hydrogens is 292 g/mol. The van der Waals surface area contributed by atoms with Gasteiger partial charge in [0.1, 0.15) is 5.76 Å². The Hall–Kier alpha value is -1.26. The molecule has 0 saturated heterocycles. The van der Waals surface area contributed by atoms with E-state index in [2.05, 4.69) is 33.9 Å². The predicted molar refractivity (Wildman–Crippen MR) is 77.2 cm³/mol. The highest BCUT2D eigenvalue weighted by atomic mass is 79.9.